The van der Waals surface area contributed by atoms with Crippen LogP contribution in [0.4, 0.5) is 8.78 Å². The maximum Gasteiger partial charge on any atom is 0.246 e. The molecule has 0 amide bonds. The van der Waals surface area contributed by atoms with E-state index in [1.807, 2.05) is 0 Å². The van der Waals surface area contributed by atoms with Gasteiger partial charge < -0.3 is 4.74 Å². The number of rotatable bonds is 4. The van der Waals surface area contributed by atoms with Crippen LogP contribution in [0.1, 0.15) is 0 Å². The number of sulfonamides is 1. The Bertz CT molecular complexity index is 778. The Labute approximate surface area is 126 Å². The molecule has 0 spiro atoms. The van der Waals surface area contributed by atoms with E-state index in [0.717, 1.165) is 16.4 Å². The van der Waals surface area contributed by atoms with Crippen LogP contribution in [0.5, 0.6) is 5.88 Å². The van der Waals surface area contributed by atoms with Gasteiger partial charge in [0.15, 0.2) is 0 Å². The lowest BCUT2D eigenvalue weighted by Crippen LogP contribution is -2.56. The molecule has 116 valence electrons. The van der Waals surface area contributed by atoms with Crippen molar-refractivity contribution in [3.63, 3.8) is 0 Å². The molecule has 1 aliphatic heterocycles. The number of pyridine rings is 1. The Morgan fingerprint density at radius 3 is 2.64 bits per heavy atom. The third kappa shape index (κ3) is 2.79. The third-order valence-electron chi connectivity index (χ3n) is 3.25. The highest BCUT2D eigenvalue weighted by Crippen LogP contribution is 2.26. The maximum atomic E-state index is 13.6. The highest BCUT2D eigenvalue weighted by molar-refractivity contribution is 7.89. The van der Waals surface area contributed by atoms with Crippen LogP contribution in [0, 0.1) is 11.6 Å². The average Bonchev–Trinajstić information content (AvgIpc) is 2.45. The topological polar surface area (TPSA) is 59.5 Å². The molecule has 1 aromatic carbocycles. The molecule has 0 N–H and O–H groups in total. The Morgan fingerprint density at radius 2 is 1.95 bits per heavy atom. The van der Waals surface area contributed by atoms with Crippen molar-refractivity contribution in [3.8, 4) is 5.88 Å². The first kappa shape index (κ1) is 14.9. The number of ether oxygens (including phenoxy) is 1. The number of nitrogens with zero attached hydrogens (tertiary/aromatic N) is 2. The van der Waals surface area contributed by atoms with Gasteiger partial charge in [-0.1, -0.05) is 6.07 Å². The zero-order valence-electron chi connectivity index (χ0n) is 11.3. The Kier molecular flexibility index (Phi) is 3.79. The lowest BCUT2D eigenvalue weighted by atomic mass is 10.2. The van der Waals surface area contributed by atoms with Gasteiger partial charge in [0, 0.05) is 12.3 Å². The molecule has 22 heavy (non-hydrogen) atoms. The van der Waals surface area contributed by atoms with Gasteiger partial charge in [-0.25, -0.2) is 22.2 Å². The van der Waals surface area contributed by atoms with E-state index in [2.05, 4.69) is 4.98 Å². The van der Waals surface area contributed by atoms with Gasteiger partial charge in [-0.05, 0) is 24.3 Å². The van der Waals surface area contributed by atoms with Gasteiger partial charge in [0.25, 0.3) is 0 Å². The smallest absolute Gasteiger partial charge is 0.246 e. The van der Waals surface area contributed by atoms with E-state index < -0.39 is 26.6 Å². The van der Waals surface area contributed by atoms with Gasteiger partial charge in [0.2, 0.25) is 15.9 Å². The zero-order valence-corrected chi connectivity index (χ0v) is 12.1. The minimum atomic E-state index is -4.06. The van der Waals surface area contributed by atoms with Crippen LogP contribution in [-0.2, 0) is 10.0 Å². The highest BCUT2D eigenvalue weighted by Gasteiger charge is 2.39. The molecule has 0 atom stereocenters. The molecule has 3 rings (SSSR count). The standard InChI is InChI=1S/C14H12F2N2O3S/c15-10-4-5-12(16)13(7-10)22(19,20)18-8-11(9-18)21-14-3-1-2-6-17-14/h1-7,11H,8-9H2. The summed E-state index contributed by atoms with van der Waals surface area (Å²) in [6.07, 6.45) is 1.20. The van der Waals surface area contributed by atoms with Crippen molar-refractivity contribution in [2.45, 2.75) is 11.0 Å². The molecule has 0 radical (unpaired) electrons. The van der Waals surface area contributed by atoms with E-state index in [-0.39, 0.29) is 19.2 Å². The van der Waals surface area contributed by atoms with Crippen LogP contribution in [0.15, 0.2) is 47.5 Å². The first-order valence-electron chi connectivity index (χ1n) is 6.50. The van der Waals surface area contributed by atoms with E-state index in [9.17, 15) is 17.2 Å². The van der Waals surface area contributed by atoms with Crippen LogP contribution in [0.25, 0.3) is 0 Å². The molecule has 5 nitrogen and oxygen atoms in total. The second-order valence-corrected chi connectivity index (χ2v) is 6.71. The largest absolute Gasteiger partial charge is 0.472 e. The van der Waals surface area contributed by atoms with Crippen molar-refractivity contribution in [1.82, 2.24) is 9.29 Å². The monoisotopic (exact) mass is 326 g/mol. The fourth-order valence-corrected chi connectivity index (χ4v) is 3.65. The molecule has 0 aliphatic carbocycles. The van der Waals surface area contributed by atoms with Crippen LogP contribution in [-0.4, -0.2) is 36.9 Å². The summed E-state index contributed by atoms with van der Waals surface area (Å²) in [4.78, 5) is 3.31. The van der Waals surface area contributed by atoms with E-state index in [1.54, 1.807) is 24.4 Å². The van der Waals surface area contributed by atoms with Crippen molar-refractivity contribution in [1.29, 1.82) is 0 Å². The SMILES string of the molecule is O=S(=O)(c1cc(F)ccc1F)N1CC(Oc2ccccn2)C1. The summed E-state index contributed by atoms with van der Waals surface area (Å²) in [5, 5.41) is 0. The van der Waals surface area contributed by atoms with Crippen molar-refractivity contribution >= 4 is 10.0 Å². The fourth-order valence-electron chi connectivity index (χ4n) is 2.07. The van der Waals surface area contributed by atoms with E-state index in [1.165, 1.54) is 0 Å². The van der Waals surface area contributed by atoms with Gasteiger partial charge >= 0.3 is 0 Å². The minimum absolute atomic E-state index is 0.0643. The number of aromatic nitrogens is 1. The normalized spacial score (nSPS) is 16.3. The van der Waals surface area contributed by atoms with E-state index in [0.29, 0.717) is 11.9 Å². The first-order chi connectivity index (χ1) is 10.5. The van der Waals surface area contributed by atoms with Crippen LogP contribution >= 0.6 is 0 Å². The quantitative estimate of drug-likeness (QED) is 0.860. The summed E-state index contributed by atoms with van der Waals surface area (Å²) < 4.78 is 57.7. The van der Waals surface area contributed by atoms with E-state index in [4.69, 9.17) is 4.74 Å². The molecular weight excluding hydrogens is 314 g/mol. The van der Waals surface area contributed by atoms with Gasteiger partial charge in [-0.3, -0.25) is 0 Å². The molecule has 2 aromatic rings. The minimum Gasteiger partial charge on any atom is -0.472 e. The molecule has 0 unspecified atom stereocenters. The van der Waals surface area contributed by atoms with Gasteiger partial charge in [0.05, 0.1) is 13.1 Å². The van der Waals surface area contributed by atoms with Gasteiger partial charge in [-0.15, -0.1) is 0 Å². The predicted molar refractivity (Wildman–Crippen MR) is 73.8 cm³/mol. The van der Waals surface area contributed by atoms with Crippen molar-refractivity contribution in [2.24, 2.45) is 0 Å². The Morgan fingerprint density at radius 1 is 1.18 bits per heavy atom. The third-order valence-corrected chi connectivity index (χ3v) is 5.10. The summed E-state index contributed by atoms with van der Waals surface area (Å²) in [6.45, 7) is 0.129. The molecule has 0 saturated carbocycles. The van der Waals surface area contributed by atoms with Crippen molar-refractivity contribution < 1.29 is 21.9 Å². The molecule has 1 fully saturated rings. The molecule has 1 saturated heterocycles. The summed E-state index contributed by atoms with van der Waals surface area (Å²) in [5.41, 5.74) is 0. The molecule has 1 aliphatic rings. The lowest BCUT2D eigenvalue weighted by Gasteiger charge is -2.37. The fraction of sp³-hybridized carbons (Fsp3) is 0.214. The van der Waals surface area contributed by atoms with Crippen molar-refractivity contribution in [3.05, 3.63) is 54.2 Å². The van der Waals surface area contributed by atoms with Crippen LogP contribution < -0.4 is 4.74 Å². The van der Waals surface area contributed by atoms with Gasteiger partial charge in [0.1, 0.15) is 22.6 Å². The average molecular weight is 326 g/mol. The summed E-state index contributed by atoms with van der Waals surface area (Å²) in [7, 11) is -4.06. The number of benzene rings is 1. The molecule has 1 aromatic heterocycles. The maximum absolute atomic E-state index is 13.6. The highest BCUT2D eigenvalue weighted by atomic mass is 32.2. The van der Waals surface area contributed by atoms with E-state index >= 15 is 0 Å². The second-order valence-electron chi connectivity index (χ2n) is 4.80. The predicted octanol–water partition coefficient (Wildman–Crippen LogP) is 1.81. The summed E-state index contributed by atoms with van der Waals surface area (Å²) >= 11 is 0. The lowest BCUT2D eigenvalue weighted by molar-refractivity contribution is 0.0719. The first-order valence-corrected chi connectivity index (χ1v) is 7.94. The number of hydrogen-bond donors (Lipinski definition) is 0. The second kappa shape index (κ2) is 5.62. The molecule has 0 bridgehead atoms. The zero-order chi connectivity index (χ0) is 15.7. The summed E-state index contributed by atoms with van der Waals surface area (Å²) in [6, 6.07) is 7.48. The van der Waals surface area contributed by atoms with Crippen LogP contribution in [0.2, 0.25) is 0 Å². The molecule has 8 heteroatoms. The number of halogens is 2. The van der Waals surface area contributed by atoms with Gasteiger partial charge in [-0.2, -0.15) is 4.31 Å². The summed E-state index contributed by atoms with van der Waals surface area (Å²) in [5.74, 6) is -1.39. The number of hydrogen-bond acceptors (Lipinski definition) is 4. The Hall–Kier alpha value is -2.06. The van der Waals surface area contributed by atoms with Crippen LogP contribution in [0.3, 0.4) is 0 Å². The Balaban J connectivity index is 1.70. The van der Waals surface area contributed by atoms with Crippen molar-refractivity contribution in [2.75, 3.05) is 13.1 Å². The molecule has 2 heterocycles. The molecular formula is C14H12F2N2O3S.